The lowest BCUT2D eigenvalue weighted by Crippen LogP contribution is -2.46. The van der Waals surface area contributed by atoms with Crippen LogP contribution in [0.1, 0.15) is 0 Å². The molecule has 2 amide bonds. The number of hydrogen-bond donors (Lipinski definition) is 2. The topological polar surface area (TPSA) is 81.3 Å². The zero-order chi connectivity index (χ0) is 11.0. The van der Waals surface area contributed by atoms with E-state index in [2.05, 4.69) is 10.6 Å². The fourth-order valence-electron chi connectivity index (χ4n) is 0.973. The standard InChI is InChI=1S/C8H16N3O3/c1-9-5-7(13)11(3-4-12)8(14)6-10-2/h9-10H,3-6H2,1-2H3. The Hall–Kier alpha value is -0.980. The summed E-state index contributed by atoms with van der Waals surface area (Å²) in [7, 11) is 3.21. The Morgan fingerprint density at radius 1 is 1.07 bits per heavy atom. The molecule has 6 heteroatoms. The number of rotatable bonds is 6. The molecule has 0 aliphatic rings. The predicted octanol–water partition coefficient (Wildman–Crippen LogP) is -1.79. The third kappa shape index (κ3) is 4.31. The molecule has 0 atom stereocenters. The van der Waals surface area contributed by atoms with Crippen LogP contribution >= 0.6 is 0 Å². The molecule has 0 saturated carbocycles. The van der Waals surface area contributed by atoms with E-state index in [1.165, 1.54) is 0 Å². The first-order valence-electron chi connectivity index (χ1n) is 4.37. The average molecular weight is 202 g/mol. The van der Waals surface area contributed by atoms with Crippen molar-refractivity contribution >= 4 is 11.8 Å². The van der Waals surface area contributed by atoms with Crippen LogP contribution in [-0.4, -0.2) is 57.1 Å². The Morgan fingerprint density at radius 3 is 1.79 bits per heavy atom. The van der Waals surface area contributed by atoms with Crippen molar-refractivity contribution in [1.82, 2.24) is 15.5 Å². The lowest BCUT2D eigenvalue weighted by molar-refractivity contribution is -0.144. The quantitative estimate of drug-likeness (QED) is 0.533. The van der Waals surface area contributed by atoms with E-state index in [1.54, 1.807) is 14.1 Å². The van der Waals surface area contributed by atoms with E-state index >= 15 is 0 Å². The third-order valence-electron chi connectivity index (χ3n) is 1.57. The summed E-state index contributed by atoms with van der Waals surface area (Å²) in [6.07, 6.45) is 0. The van der Waals surface area contributed by atoms with Crippen molar-refractivity contribution in [2.45, 2.75) is 0 Å². The fraction of sp³-hybridized carbons (Fsp3) is 0.750. The van der Waals surface area contributed by atoms with Crippen molar-refractivity contribution in [3.63, 3.8) is 0 Å². The first-order valence-corrected chi connectivity index (χ1v) is 4.37. The van der Waals surface area contributed by atoms with Crippen molar-refractivity contribution in [3.05, 3.63) is 0 Å². The lowest BCUT2D eigenvalue weighted by atomic mass is 10.4. The van der Waals surface area contributed by atoms with E-state index < -0.39 is 6.61 Å². The maximum Gasteiger partial charge on any atom is 0.243 e. The van der Waals surface area contributed by atoms with Gasteiger partial charge in [-0.2, -0.15) is 0 Å². The van der Waals surface area contributed by atoms with Crippen molar-refractivity contribution < 1.29 is 14.7 Å². The molecule has 0 saturated heterocycles. The highest BCUT2D eigenvalue weighted by atomic mass is 16.3. The highest BCUT2D eigenvalue weighted by Crippen LogP contribution is 1.90. The van der Waals surface area contributed by atoms with Gasteiger partial charge in [0, 0.05) is 0 Å². The van der Waals surface area contributed by atoms with E-state index in [0.29, 0.717) is 0 Å². The van der Waals surface area contributed by atoms with Gasteiger partial charge in [0.1, 0.15) is 6.61 Å². The monoisotopic (exact) mass is 202 g/mol. The second-order valence-corrected chi connectivity index (χ2v) is 2.70. The van der Waals surface area contributed by atoms with E-state index in [0.717, 1.165) is 4.90 Å². The van der Waals surface area contributed by atoms with Gasteiger partial charge in [0.25, 0.3) is 0 Å². The van der Waals surface area contributed by atoms with Gasteiger partial charge in [0.15, 0.2) is 0 Å². The van der Waals surface area contributed by atoms with E-state index in [-0.39, 0.29) is 31.4 Å². The summed E-state index contributed by atoms with van der Waals surface area (Å²) in [4.78, 5) is 23.6. The van der Waals surface area contributed by atoms with Gasteiger partial charge >= 0.3 is 0 Å². The molecule has 0 heterocycles. The molecule has 0 bridgehead atoms. The van der Waals surface area contributed by atoms with Crippen LogP contribution in [0.3, 0.4) is 0 Å². The Balaban J connectivity index is 4.25. The first kappa shape index (κ1) is 13.0. The highest BCUT2D eigenvalue weighted by molar-refractivity contribution is 5.97. The Kier molecular flexibility index (Phi) is 6.91. The Bertz CT molecular complexity index is 178. The smallest absolute Gasteiger partial charge is 0.243 e. The normalized spacial score (nSPS) is 9.93. The molecule has 0 aliphatic carbocycles. The molecular formula is C8H16N3O3. The molecule has 0 rings (SSSR count). The number of amides is 2. The molecule has 0 aliphatic heterocycles. The van der Waals surface area contributed by atoms with Crippen molar-refractivity contribution in [2.75, 3.05) is 40.3 Å². The SMILES string of the molecule is CNCC(=O)N(CC[O])C(=O)CNC. The van der Waals surface area contributed by atoms with Crippen molar-refractivity contribution in [1.29, 1.82) is 0 Å². The maximum atomic E-state index is 11.3. The van der Waals surface area contributed by atoms with Crippen LogP contribution in [-0.2, 0) is 14.7 Å². The molecule has 0 aromatic heterocycles. The molecule has 6 nitrogen and oxygen atoms in total. The van der Waals surface area contributed by atoms with E-state index in [9.17, 15) is 14.7 Å². The lowest BCUT2D eigenvalue weighted by Gasteiger charge is -2.18. The summed E-state index contributed by atoms with van der Waals surface area (Å²) in [6.45, 7) is -0.406. The van der Waals surface area contributed by atoms with Gasteiger partial charge in [0.2, 0.25) is 11.8 Å². The number of imide groups is 1. The second-order valence-electron chi connectivity index (χ2n) is 2.70. The maximum absolute atomic E-state index is 11.3. The van der Waals surface area contributed by atoms with Crippen LogP contribution in [0, 0.1) is 0 Å². The number of nitrogens with zero attached hydrogens (tertiary/aromatic N) is 1. The molecule has 0 spiro atoms. The number of nitrogens with one attached hydrogen (secondary N) is 2. The van der Waals surface area contributed by atoms with Gasteiger partial charge in [-0.3, -0.25) is 14.5 Å². The van der Waals surface area contributed by atoms with Crippen molar-refractivity contribution in [3.8, 4) is 0 Å². The van der Waals surface area contributed by atoms with Gasteiger partial charge in [-0.05, 0) is 14.1 Å². The zero-order valence-corrected chi connectivity index (χ0v) is 8.50. The van der Waals surface area contributed by atoms with Crippen LogP contribution in [0.2, 0.25) is 0 Å². The Morgan fingerprint density at radius 2 is 1.50 bits per heavy atom. The fourth-order valence-corrected chi connectivity index (χ4v) is 0.973. The average Bonchev–Trinajstić information content (AvgIpc) is 2.14. The van der Waals surface area contributed by atoms with Gasteiger partial charge < -0.3 is 10.6 Å². The van der Waals surface area contributed by atoms with Crippen molar-refractivity contribution in [2.24, 2.45) is 0 Å². The van der Waals surface area contributed by atoms with Crippen LogP contribution in [0.15, 0.2) is 0 Å². The minimum Gasteiger partial charge on any atom is -0.311 e. The van der Waals surface area contributed by atoms with Crippen LogP contribution in [0.5, 0.6) is 0 Å². The van der Waals surface area contributed by atoms with Crippen LogP contribution < -0.4 is 10.6 Å². The molecule has 0 unspecified atom stereocenters. The zero-order valence-electron chi connectivity index (χ0n) is 8.50. The summed E-state index contributed by atoms with van der Waals surface area (Å²) in [5, 5.41) is 15.6. The second kappa shape index (κ2) is 7.43. The summed E-state index contributed by atoms with van der Waals surface area (Å²) >= 11 is 0. The van der Waals surface area contributed by atoms with Gasteiger partial charge in [-0.1, -0.05) is 0 Å². The third-order valence-corrected chi connectivity index (χ3v) is 1.57. The summed E-state index contributed by atoms with van der Waals surface area (Å²) < 4.78 is 0. The molecule has 1 radical (unpaired) electrons. The number of likely N-dealkylation sites (N-methyl/N-ethyl adjacent to an activating group) is 2. The van der Waals surface area contributed by atoms with E-state index in [4.69, 9.17) is 0 Å². The summed E-state index contributed by atoms with van der Waals surface area (Å²) in [6, 6.07) is 0. The number of carbonyl (C=O) groups is 2. The molecule has 2 N–H and O–H groups in total. The molecule has 81 valence electrons. The largest absolute Gasteiger partial charge is 0.311 e. The molecule has 0 aromatic rings. The molecule has 0 fully saturated rings. The number of carbonyl (C=O) groups excluding carboxylic acids is 2. The van der Waals surface area contributed by atoms with Crippen LogP contribution in [0.4, 0.5) is 0 Å². The van der Waals surface area contributed by atoms with Gasteiger partial charge in [-0.25, -0.2) is 5.11 Å². The summed E-state index contributed by atoms with van der Waals surface area (Å²) in [5.41, 5.74) is 0. The van der Waals surface area contributed by atoms with E-state index in [1.807, 2.05) is 0 Å². The Labute approximate surface area is 83.3 Å². The molecule has 0 aromatic carbocycles. The minimum absolute atomic E-state index is 0.0649. The summed E-state index contributed by atoms with van der Waals surface area (Å²) in [5.74, 6) is -0.743. The first-order chi connectivity index (χ1) is 6.67. The predicted molar refractivity (Wildman–Crippen MR) is 50.1 cm³/mol. The highest BCUT2D eigenvalue weighted by Gasteiger charge is 2.19. The number of hydrogen-bond acceptors (Lipinski definition) is 4. The van der Waals surface area contributed by atoms with Crippen LogP contribution in [0.25, 0.3) is 0 Å². The molecular weight excluding hydrogens is 186 g/mol. The molecule has 14 heavy (non-hydrogen) atoms. The van der Waals surface area contributed by atoms with Gasteiger partial charge in [-0.15, -0.1) is 0 Å². The minimum atomic E-state index is -0.467. The van der Waals surface area contributed by atoms with Gasteiger partial charge in [0.05, 0.1) is 19.6 Å².